The van der Waals surface area contributed by atoms with E-state index in [1.165, 1.54) is 33.4 Å². The van der Waals surface area contributed by atoms with E-state index in [1.54, 1.807) is 0 Å². The molecular weight excluding hydrogens is 679 g/mol. The molecule has 0 fully saturated rings. The molecule has 0 spiro atoms. The number of nitrogens with zero attached hydrogens (tertiary/aromatic N) is 1. The van der Waals surface area contributed by atoms with Crippen LogP contribution in [0, 0.1) is 0 Å². The van der Waals surface area contributed by atoms with Crippen LogP contribution < -0.4 is 4.90 Å². The molecule has 0 atom stereocenters. The number of benzene rings is 9. The van der Waals surface area contributed by atoms with Crippen molar-refractivity contribution in [2.45, 2.75) is 0 Å². The van der Waals surface area contributed by atoms with Crippen LogP contribution in [0.4, 0.5) is 17.1 Å². The fourth-order valence-corrected chi connectivity index (χ4v) is 7.95. The highest BCUT2D eigenvalue weighted by Crippen LogP contribution is 2.44. The molecule has 0 saturated heterocycles. The summed E-state index contributed by atoms with van der Waals surface area (Å²) in [6.07, 6.45) is 0. The first-order chi connectivity index (χ1) is 27.8. The Bertz CT molecular complexity index is 2850. The lowest BCUT2D eigenvalue weighted by atomic mass is 9.89. The van der Waals surface area contributed by atoms with Crippen LogP contribution >= 0.6 is 0 Å². The summed E-state index contributed by atoms with van der Waals surface area (Å²) >= 11 is 0. The van der Waals surface area contributed by atoms with Gasteiger partial charge < -0.3 is 9.32 Å². The quantitative estimate of drug-likeness (QED) is 0.156. The Hall–Kier alpha value is -7.42. The topological polar surface area (TPSA) is 16.4 Å². The molecule has 10 rings (SSSR count). The normalized spacial score (nSPS) is 11.2. The van der Waals surface area contributed by atoms with Crippen molar-refractivity contribution in [3.05, 3.63) is 224 Å². The van der Waals surface area contributed by atoms with Crippen molar-refractivity contribution in [3.8, 4) is 55.6 Å². The molecule has 2 heteroatoms. The number of furan rings is 1. The molecule has 0 aliphatic rings. The van der Waals surface area contributed by atoms with E-state index in [1.807, 2.05) is 6.07 Å². The van der Waals surface area contributed by atoms with Gasteiger partial charge in [-0.15, -0.1) is 0 Å². The monoisotopic (exact) mass is 715 g/mol. The minimum Gasteiger partial charge on any atom is -0.456 e. The highest BCUT2D eigenvalue weighted by molar-refractivity contribution is 6.13. The first-order valence-electron chi connectivity index (χ1n) is 19.1. The molecule has 0 N–H and O–H groups in total. The zero-order chi connectivity index (χ0) is 37.3. The minimum atomic E-state index is 0.889. The van der Waals surface area contributed by atoms with Gasteiger partial charge in [-0.25, -0.2) is 0 Å². The van der Waals surface area contributed by atoms with Crippen molar-refractivity contribution in [1.82, 2.24) is 0 Å². The molecule has 9 aromatic carbocycles. The Morgan fingerprint density at radius 2 is 0.750 bits per heavy atom. The van der Waals surface area contributed by atoms with Gasteiger partial charge in [0.2, 0.25) is 0 Å². The molecule has 1 aromatic heterocycles. The largest absolute Gasteiger partial charge is 0.456 e. The standard InChI is InChI=1S/C54H37NO/c1-4-14-38(15-5-1)41-26-31-45(32-27-41)55(46-33-28-42(29-34-46)39-16-6-2-7-17-39)47-21-12-20-44(36-47)51-37-43(40-18-8-3-9-19-40)30-35-48(51)49-23-13-25-53-54(49)50-22-10-11-24-52(50)56-53/h1-37H. The maximum Gasteiger partial charge on any atom is 0.136 e. The molecular formula is C54H37NO. The molecule has 0 saturated carbocycles. The van der Waals surface area contributed by atoms with E-state index in [4.69, 9.17) is 4.42 Å². The van der Waals surface area contributed by atoms with Crippen LogP contribution in [0.5, 0.6) is 0 Å². The molecule has 0 amide bonds. The highest BCUT2D eigenvalue weighted by Gasteiger charge is 2.19. The Morgan fingerprint density at radius 1 is 0.268 bits per heavy atom. The third-order valence-electron chi connectivity index (χ3n) is 10.7. The van der Waals surface area contributed by atoms with Crippen molar-refractivity contribution in [2.75, 3.05) is 4.90 Å². The number of anilines is 3. The third-order valence-corrected chi connectivity index (χ3v) is 10.7. The average molecular weight is 716 g/mol. The second kappa shape index (κ2) is 14.4. The summed E-state index contributed by atoms with van der Waals surface area (Å²) in [5, 5.41) is 2.25. The van der Waals surface area contributed by atoms with Crippen molar-refractivity contribution in [3.63, 3.8) is 0 Å². The third kappa shape index (κ3) is 6.24. The molecule has 264 valence electrons. The summed E-state index contributed by atoms with van der Waals surface area (Å²) in [7, 11) is 0. The van der Waals surface area contributed by atoms with E-state index in [0.29, 0.717) is 0 Å². The van der Waals surface area contributed by atoms with Crippen LogP contribution in [0.15, 0.2) is 229 Å². The maximum absolute atomic E-state index is 6.37. The molecule has 0 unspecified atom stereocenters. The lowest BCUT2D eigenvalue weighted by molar-refractivity contribution is 0.669. The molecule has 56 heavy (non-hydrogen) atoms. The zero-order valence-electron chi connectivity index (χ0n) is 30.7. The smallest absolute Gasteiger partial charge is 0.136 e. The predicted molar refractivity (Wildman–Crippen MR) is 236 cm³/mol. The van der Waals surface area contributed by atoms with Gasteiger partial charge in [0.1, 0.15) is 11.2 Å². The van der Waals surface area contributed by atoms with Crippen LogP contribution in [0.1, 0.15) is 0 Å². The summed E-state index contributed by atoms with van der Waals surface area (Å²) in [5.74, 6) is 0. The van der Waals surface area contributed by atoms with Crippen molar-refractivity contribution < 1.29 is 4.42 Å². The number of hydrogen-bond acceptors (Lipinski definition) is 2. The number of rotatable bonds is 8. The lowest BCUT2D eigenvalue weighted by Crippen LogP contribution is -2.10. The summed E-state index contributed by atoms with van der Waals surface area (Å²) in [4.78, 5) is 2.36. The van der Waals surface area contributed by atoms with Gasteiger partial charge in [-0.3, -0.25) is 0 Å². The lowest BCUT2D eigenvalue weighted by Gasteiger charge is -2.27. The summed E-state index contributed by atoms with van der Waals surface area (Å²) in [6.45, 7) is 0. The van der Waals surface area contributed by atoms with Crippen LogP contribution in [-0.4, -0.2) is 0 Å². The van der Waals surface area contributed by atoms with E-state index in [0.717, 1.165) is 61.3 Å². The van der Waals surface area contributed by atoms with Gasteiger partial charge >= 0.3 is 0 Å². The van der Waals surface area contributed by atoms with Crippen molar-refractivity contribution in [1.29, 1.82) is 0 Å². The highest BCUT2D eigenvalue weighted by atomic mass is 16.3. The van der Waals surface area contributed by atoms with E-state index in [-0.39, 0.29) is 0 Å². The first kappa shape index (κ1) is 33.2. The van der Waals surface area contributed by atoms with Gasteiger partial charge in [-0.1, -0.05) is 170 Å². The minimum absolute atomic E-state index is 0.889. The van der Waals surface area contributed by atoms with E-state index in [2.05, 4.69) is 223 Å². The van der Waals surface area contributed by atoms with Crippen molar-refractivity contribution in [2.24, 2.45) is 0 Å². The van der Waals surface area contributed by atoms with Crippen LogP contribution in [0.3, 0.4) is 0 Å². The Kier molecular flexibility index (Phi) is 8.55. The van der Waals surface area contributed by atoms with Crippen molar-refractivity contribution >= 4 is 39.0 Å². The van der Waals surface area contributed by atoms with Crippen LogP contribution in [-0.2, 0) is 0 Å². The van der Waals surface area contributed by atoms with Crippen LogP contribution in [0.25, 0.3) is 77.6 Å². The average Bonchev–Trinajstić information content (AvgIpc) is 3.67. The summed E-state index contributed by atoms with van der Waals surface area (Å²) in [6, 6.07) is 80.1. The number of para-hydroxylation sites is 1. The molecule has 1 heterocycles. The zero-order valence-corrected chi connectivity index (χ0v) is 30.7. The number of hydrogen-bond donors (Lipinski definition) is 0. The molecule has 2 nitrogen and oxygen atoms in total. The summed E-state index contributed by atoms with van der Waals surface area (Å²) in [5.41, 5.74) is 16.7. The molecule has 0 bridgehead atoms. The van der Waals surface area contributed by atoms with Gasteiger partial charge in [-0.05, 0) is 110 Å². The van der Waals surface area contributed by atoms with E-state index < -0.39 is 0 Å². The van der Waals surface area contributed by atoms with Gasteiger partial charge in [0.05, 0.1) is 0 Å². The molecule has 0 aliphatic heterocycles. The summed E-state index contributed by atoms with van der Waals surface area (Å²) < 4.78 is 6.37. The predicted octanol–water partition coefficient (Wildman–Crippen LogP) is 15.4. The fraction of sp³-hybridized carbons (Fsp3) is 0. The second-order valence-electron chi connectivity index (χ2n) is 14.1. The fourth-order valence-electron chi connectivity index (χ4n) is 7.95. The second-order valence-corrected chi connectivity index (χ2v) is 14.1. The Morgan fingerprint density at radius 3 is 1.38 bits per heavy atom. The molecule has 0 aliphatic carbocycles. The SMILES string of the molecule is c1ccc(-c2ccc(N(c3ccc(-c4ccccc4)cc3)c3cccc(-c4cc(-c5ccccc5)ccc4-c4cccc5oc6ccccc6c45)c3)cc2)cc1. The molecule has 10 aromatic rings. The van der Waals surface area contributed by atoms with E-state index in [9.17, 15) is 0 Å². The number of fused-ring (bicyclic) bond motifs is 3. The van der Waals surface area contributed by atoms with Gasteiger partial charge in [0.15, 0.2) is 0 Å². The molecule has 0 radical (unpaired) electrons. The van der Waals surface area contributed by atoms with Crippen LogP contribution in [0.2, 0.25) is 0 Å². The van der Waals surface area contributed by atoms with E-state index >= 15 is 0 Å². The first-order valence-corrected chi connectivity index (χ1v) is 19.1. The maximum atomic E-state index is 6.37. The Labute approximate surface area is 327 Å². The van der Waals surface area contributed by atoms with Gasteiger partial charge in [-0.2, -0.15) is 0 Å². The van der Waals surface area contributed by atoms with Gasteiger partial charge in [0, 0.05) is 27.8 Å². The van der Waals surface area contributed by atoms with Gasteiger partial charge in [0.25, 0.3) is 0 Å². The Balaban J connectivity index is 1.14.